The second kappa shape index (κ2) is 8.70. The first-order valence-electron chi connectivity index (χ1n) is 9.98. The zero-order chi connectivity index (χ0) is 20.2. The van der Waals surface area contributed by atoms with Gasteiger partial charge in [-0.05, 0) is 30.2 Å². The maximum Gasteiger partial charge on any atom is 0.258 e. The van der Waals surface area contributed by atoms with Crippen LogP contribution in [0.15, 0.2) is 60.7 Å². The molecule has 1 aliphatic heterocycles. The molecule has 0 saturated carbocycles. The Hall–Kier alpha value is -2.79. The van der Waals surface area contributed by atoms with Gasteiger partial charge in [-0.1, -0.05) is 55.8 Å². The van der Waals surface area contributed by atoms with Crippen LogP contribution in [0.4, 0.5) is 11.4 Å². The molecule has 29 heavy (non-hydrogen) atoms. The monoisotopic (exact) mass is 404 g/mol. The average molecular weight is 405 g/mol. The number of rotatable bonds is 8. The number of carbonyl (C=O) groups is 2. The molecule has 1 heterocycles. The van der Waals surface area contributed by atoms with Crippen LogP contribution in [0.2, 0.25) is 0 Å². The van der Waals surface area contributed by atoms with Crippen molar-refractivity contribution in [2.45, 2.75) is 25.5 Å². The molecule has 0 radical (unpaired) electrons. The predicted molar refractivity (Wildman–Crippen MR) is 122 cm³/mol. The first-order valence-corrected chi connectivity index (χ1v) is 11.1. The first kappa shape index (κ1) is 19.5. The Bertz CT molecular complexity index is 1050. The zero-order valence-corrected chi connectivity index (χ0v) is 17.3. The Labute approximate surface area is 175 Å². The summed E-state index contributed by atoms with van der Waals surface area (Å²) in [7, 11) is 0. The molecule has 0 atom stereocenters. The lowest BCUT2D eigenvalue weighted by molar-refractivity contribution is -0.113. The van der Waals surface area contributed by atoms with E-state index in [-0.39, 0.29) is 11.8 Å². The maximum absolute atomic E-state index is 12.8. The van der Waals surface area contributed by atoms with E-state index in [1.165, 1.54) is 5.56 Å². The number of amides is 2. The molecule has 0 aliphatic carbocycles. The van der Waals surface area contributed by atoms with Gasteiger partial charge in [-0.3, -0.25) is 9.59 Å². The minimum Gasteiger partial charge on any atom is -0.325 e. The van der Waals surface area contributed by atoms with E-state index in [2.05, 4.69) is 24.4 Å². The third kappa shape index (κ3) is 4.01. The lowest BCUT2D eigenvalue weighted by atomic mass is 10.0. The number of anilines is 2. The standard InChI is InChI=1S/C24H24N2O2S/c1-2-3-14-26-21-13-12-20(18-10-7-11-19(23(18)21)24(26)28)25-22(27)16-29-15-17-8-5-4-6-9-17/h4-13H,2-3,14-16H2,1H3,(H,25,27). The zero-order valence-electron chi connectivity index (χ0n) is 16.5. The highest BCUT2D eigenvalue weighted by Gasteiger charge is 2.30. The summed E-state index contributed by atoms with van der Waals surface area (Å²) in [6.45, 7) is 2.85. The molecule has 4 rings (SSSR count). The SMILES string of the molecule is CCCCN1C(=O)c2cccc3c(NC(=O)CSCc4ccccc4)ccc1c23. The number of hydrogen-bond donors (Lipinski definition) is 1. The van der Waals surface area contributed by atoms with Gasteiger partial charge in [0.05, 0.1) is 11.4 Å². The van der Waals surface area contributed by atoms with Gasteiger partial charge >= 0.3 is 0 Å². The Morgan fingerprint density at radius 1 is 1.03 bits per heavy atom. The highest BCUT2D eigenvalue weighted by atomic mass is 32.2. The van der Waals surface area contributed by atoms with E-state index >= 15 is 0 Å². The summed E-state index contributed by atoms with van der Waals surface area (Å²) in [6.07, 6.45) is 2.01. The van der Waals surface area contributed by atoms with Crippen LogP contribution < -0.4 is 10.2 Å². The number of nitrogens with zero attached hydrogens (tertiary/aromatic N) is 1. The van der Waals surface area contributed by atoms with Crippen molar-refractivity contribution in [3.8, 4) is 0 Å². The summed E-state index contributed by atoms with van der Waals surface area (Å²) < 4.78 is 0. The van der Waals surface area contributed by atoms with Crippen LogP contribution in [0.5, 0.6) is 0 Å². The topological polar surface area (TPSA) is 49.4 Å². The largest absolute Gasteiger partial charge is 0.325 e. The number of benzene rings is 3. The number of unbranched alkanes of at least 4 members (excludes halogenated alkanes) is 1. The fourth-order valence-electron chi connectivity index (χ4n) is 3.72. The van der Waals surface area contributed by atoms with Crippen LogP contribution in [-0.4, -0.2) is 24.1 Å². The molecule has 2 amide bonds. The van der Waals surface area contributed by atoms with E-state index in [0.717, 1.165) is 52.8 Å². The molecule has 0 fully saturated rings. The molecule has 0 bridgehead atoms. The van der Waals surface area contributed by atoms with Crippen molar-refractivity contribution in [3.05, 3.63) is 71.8 Å². The summed E-state index contributed by atoms with van der Waals surface area (Å²) in [4.78, 5) is 27.2. The lowest BCUT2D eigenvalue weighted by Gasteiger charge is -2.17. The molecule has 5 heteroatoms. The number of thioether (sulfide) groups is 1. The number of nitrogens with one attached hydrogen (secondary N) is 1. The summed E-state index contributed by atoms with van der Waals surface area (Å²) in [5.41, 5.74) is 3.65. The predicted octanol–water partition coefficient (Wildman–Crippen LogP) is 5.47. The number of carbonyl (C=O) groups excluding carboxylic acids is 2. The number of hydrogen-bond acceptors (Lipinski definition) is 3. The molecule has 1 aliphatic rings. The van der Waals surface area contributed by atoms with E-state index in [4.69, 9.17) is 0 Å². The van der Waals surface area contributed by atoms with Gasteiger partial charge in [0.15, 0.2) is 0 Å². The Balaban J connectivity index is 1.50. The maximum atomic E-state index is 12.8. The van der Waals surface area contributed by atoms with E-state index in [9.17, 15) is 9.59 Å². The fraction of sp³-hybridized carbons (Fsp3) is 0.250. The normalized spacial score (nSPS) is 12.6. The van der Waals surface area contributed by atoms with Crippen molar-refractivity contribution in [1.82, 2.24) is 0 Å². The third-order valence-electron chi connectivity index (χ3n) is 5.14. The van der Waals surface area contributed by atoms with Gasteiger partial charge in [0.25, 0.3) is 5.91 Å². The van der Waals surface area contributed by atoms with Crippen LogP contribution in [0.1, 0.15) is 35.7 Å². The van der Waals surface area contributed by atoms with Gasteiger partial charge in [-0.15, -0.1) is 11.8 Å². The van der Waals surface area contributed by atoms with Gasteiger partial charge < -0.3 is 10.2 Å². The molecular weight excluding hydrogens is 380 g/mol. The smallest absolute Gasteiger partial charge is 0.258 e. The van der Waals surface area contributed by atoms with Crippen molar-refractivity contribution in [3.63, 3.8) is 0 Å². The van der Waals surface area contributed by atoms with Crippen molar-refractivity contribution in [2.75, 3.05) is 22.5 Å². The molecule has 3 aromatic carbocycles. The van der Waals surface area contributed by atoms with Crippen LogP contribution in [-0.2, 0) is 10.5 Å². The quantitative estimate of drug-likeness (QED) is 0.541. The molecule has 0 spiro atoms. The second-order valence-corrected chi connectivity index (χ2v) is 8.18. The van der Waals surface area contributed by atoms with Gasteiger partial charge in [0.2, 0.25) is 5.91 Å². The summed E-state index contributed by atoms with van der Waals surface area (Å²) in [5, 5.41) is 4.91. The van der Waals surface area contributed by atoms with E-state index in [1.807, 2.05) is 53.4 Å². The average Bonchev–Trinajstić information content (AvgIpc) is 3.02. The van der Waals surface area contributed by atoms with Crippen LogP contribution in [0.25, 0.3) is 10.8 Å². The summed E-state index contributed by atoms with van der Waals surface area (Å²) >= 11 is 1.59. The highest BCUT2D eigenvalue weighted by molar-refractivity contribution is 7.99. The Morgan fingerprint density at radius 2 is 1.86 bits per heavy atom. The molecule has 4 nitrogen and oxygen atoms in total. The molecule has 0 saturated heterocycles. The van der Waals surface area contributed by atoms with Gasteiger partial charge in [0.1, 0.15) is 0 Å². The minimum atomic E-state index is -0.0289. The summed E-state index contributed by atoms with van der Waals surface area (Å²) in [5.74, 6) is 1.22. The van der Waals surface area contributed by atoms with Gasteiger partial charge in [0, 0.05) is 34.3 Å². The van der Waals surface area contributed by atoms with Crippen LogP contribution in [0, 0.1) is 0 Å². The Morgan fingerprint density at radius 3 is 2.66 bits per heavy atom. The summed E-state index contributed by atoms with van der Waals surface area (Å²) in [6, 6.07) is 19.8. The second-order valence-electron chi connectivity index (χ2n) is 7.20. The molecule has 148 valence electrons. The van der Waals surface area contributed by atoms with Crippen LogP contribution >= 0.6 is 11.8 Å². The molecule has 0 aromatic heterocycles. The molecule has 3 aromatic rings. The fourth-order valence-corrected chi connectivity index (χ4v) is 4.50. The highest BCUT2D eigenvalue weighted by Crippen LogP contribution is 2.40. The van der Waals surface area contributed by atoms with Gasteiger partial charge in [-0.25, -0.2) is 0 Å². The third-order valence-corrected chi connectivity index (χ3v) is 6.14. The van der Waals surface area contributed by atoms with Crippen molar-refractivity contribution in [1.29, 1.82) is 0 Å². The van der Waals surface area contributed by atoms with E-state index < -0.39 is 0 Å². The van der Waals surface area contributed by atoms with Crippen LogP contribution in [0.3, 0.4) is 0 Å². The van der Waals surface area contributed by atoms with Crippen molar-refractivity contribution < 1.29 is 9.59 Å². The molecule has 1 N–H and O–H groups in total. The first-order chi connectivity index (χ1) is 14.2. The van der Waals surface area contributed by atoms with Crippen molar-refractivity contribution >= 4 is 45.7 Å². The minimum absolute atomic E-state index is 0.0289. The van der Waals surface area contributed by atoms with Gasteiger partial charge in [-0.2, -0.15) is 0 Å². The van der Waals surface area contributed by atoms with E-state index in [0.29, 0.717) is 5.75 Å². The molecule has 0 unspecified atom stereocenters. The lowest BCUT2D eigenvalue weighted by Crippen LogP contribution is -2.27. The molecular formula is C24H24N2O2S. The van der Waals surface area contributed by atoms with Crippen molar-refractivity contribution in [2.24, 2.45) is 0 Å². The Kier molecular flexibility index (Phi) is 5.86. The van der Waals surface area contributed by atoms with E-state index in [1.54, 1.807) is 11.8 Å².